The van der Waals surface area contributed by atoms with Gasteiger partial charge >= 0.3 is 0 Å². The molecule has 0 atom stereocenters. The number of aromatic nitrogens is 4. The molecule has 3 aromatic heterocycles. The van der Waals surface area contributed by atoms with Gasteiger partial charge in [0.05, 0.1) is 17.3 Å². The van der Waals surface area contributed by atoms with Crippen molar-refractivity contribution in [2.45, 2.75) is 58.8 Å². The van der Waals surface area contributed by atoms with Crippen LogP contribution in [-0.4, -0.2) is 58.7 Å². The average Bonchev–Trinajstić information content (AvgIpc) is 3.44. The standard InChI is InChI=1S/C30H35BFN7O3/c1-3-24-20(27(36-19-10-12-42-13-11-19)21-17-35-39(4-2)28(21)38-24)16-34-30(41)26-7-5-6-25(37-26)29(40)33-15-18-8-9-23(32)22(31)14-18/h5-9,14,17,19H,3-4,10-13,15-16,31H2,1-2H3,(H,33,40)(H,34,41)(H,36,38). The number of nitrogens with zero attached hydrogens (tertiary/aromatic N) is 4. The highest BCUT2D eigenvalue weighted by atomic mass is 19.1. The molecule has 1 aliphatic rings. The van der Waals surface area contributed by atoms with Crippen LogP contribution in [0, 0.1) is 5.82 Å². The lowest BCUT2D eigenvalue weighted by Crippen LogP contribution is -2.30. The molecule has 1 aliphatic heterocycles. The first kappa shape index (κ1) is 29.2. The van der Waals surface area contributed by atoms with Crippen molar-refractivity contribution in [1.29, 1.82) is 0 Å². The van der Waals surface area contributed by atoms with Gasteiger partial charge in [0.25, 0.3) is 11.8 Å². The van der Waals surface area contributed by atoms with Gasteiger partial charge in [-0.3, -0.25) is 9.59 Å². The third kappa shape index (κ3) is 6.43. The lowest BCUT2D eigenvalue weighted by atomic mass is 9.93. The highest BCUT2D eigenvalue weighted by Crippen LogP contribution is 2.31. The van der Waals surface area contributed by atoms with Gasteiger partial charge in [-0.1, -0.05) is 30.6 Å². The van der Waals surface area contributed by atoms with Crippen LogP contribution in [-0.2, 0) is 30.8 Å². The number of carbonyl (C=O) groups is 2. The summed E-state index contributed by atoms with van der Waals surface area (Å²) in [5.41, 5.74) is 5.05. The number of hydrogen-bond acceptors (Lipinski definition) is 7. The molecule has 0 spiro atoms. The largest absolute Gasteiger partial charge is 0.381 e. The number of nitrogens with one attached hydrogen (secondary N) is 3. The molecule has 4 heterocycles. The van der Waals surface area contributed by atoms with Crippen LogP contribution in [0.1, 0.15) is 64.5 Å². The van der Waals surface area contributed by atoms with Crippen molar-refractivity contribution in [1.82, 2.24) is 30.4 Å². The Bertz CT molecular complexity index is 1600. The normalized spacial score (nSPS) is 13.7. The second-order valence-electron chi connectivity index (χ2n) is 10.4. The Hall–Kier alpha value is -4.32. The Morgan fingerprint density at radius 2 is 1.76 bits per heavy atom. The predicted molar refractivity (Wildman–Crippen MR) is 161 cm³/mol. The zero-order valence-electron chi connectivity index (χ0n) is 24.2. The van der Waals surface area contributed by atoms with E-state index in [4.69, 9.17) is 9.72 Å². The van der Waals surface area contributed by atoms with Gasteiger partial charge < -0.3 is 20.7 Å². The molecule has 12 heteroatoms. The van der Waals surface area contributed by atoms with Gasteiger partial charge in [0.15, 0.2) is 5.65 Å². The number of halogens is 1. The van der Waals surface area contributed by atoms with Crippen LogP contribution in [0.5, 0.6) is 0 Å². The summed E-state index contributed by atoms with van der Waals surface area (Å²) < 4.78 is 21.0. The number of rotatable bonds is 10. The zero-order chi connectivity index (χ0) is 29.6. The lowest BCUT2D eigenvalue weighted by Gasteiger charge is -2.26. The van der Waals surface area contributed by atoms with Gasteiger partial charge in [0, 0.05) is 50.1 Å². The fourth-order valence-corrected chi connectivity index (χ4v) is 5.14. The molecular formula is C30H35BFN7O3. The van der Waals surface area contributed by atoms with Crippen molar-refractivity contribution < 1.29 is 18.7 Å². The lowest BCUT2D eigenvalue weighted by molar-refractivity contribution is 0.0904. The van der Waals surface area contributed by atoms with Crippen molar-refractivity contribution in [3.63, 3.8) is 0 Å². The van der Waals surface area contributed by atoms with E-state index in [2.05, 4.69) is 26.0 Å². The van der Waals surface area contributed by atoms with Gasteiger partial charge in [-0.15, -0.1) is 0 Å². The molecule has 4 aromatic rings. The van der Waals surface area contributed by atoms with Crippen LogP contribution in [0.2, 0.25) is 0 Å². The minimum atomic E-state index is -0.426. The zero-order valence-corrected chi connectivity index (χ0v) is 24.2. The van der Waals surface area contributed by atoms with Gasteiger partial charge in [-0.05, 0) is 49.9 Å². The topological polar surface area (TPSA) is 123 Å². The number of benzene rings is 1. The SMILES string of the molecule is Bc1cc(CNC(=O)c2cccc(C(=O)NCc3c(CC)nc4c(cnn4CC)c3NC3CCOCC3)n2)ccc1F. The maximum Gasteiger partial charge on any atom is 0.270 e. The van der Waals surface area contributed by atoms with E-state index < -0.39 is 11.8 Å². The number of aryl methyl sites for hydroxylation is 2. The number of hydrogen-bond donors (Lipinski definition) is 3. The summed E-state index contributed by atoms with van der Waals surface area (Å²) in [4.78, 5) is 35.2. The van der Waals surface area contributed by atoms with Gasteiger partial charge in [0.1, 0.15) is 25.1 Å². The van der Waals surface area contributed by atoms with Crippen molar-refractivity contribution in [2.24, 2.45) is 0 Å². The Labute approximate surface area is 244 Å². The van der Waals surface area contributed by atoms with Crippen LogP contribution in [0.15, 0.2) is 42.6 Å². The minimum absolute atomic E-state index is 0.118. The number of fused-ring (bicyclic) bond motifs is 1. The molecule has 3 N–H and O–H groups in total. The van der Waals surface area contributed by atoms with Gasteiger partial charge in [-0.25, -0.2) is 19.0 Å². The summed E-state index contributed by atoms with van der Waals surface area (Å²) in [6, 6.07) is 9.67. The molecule has 1 aromatic carbocycles. The maximum absolute atomic E-state index is 13.6. The third-order valence-electron chi connectivity index (χ3n) is 7.49. The number of carbonyl (C=O) groups excluding carboxylic acids is 2. The molecule has 5 rings (SSSR count). The van der Waals surface area contributed by atoms with E-state index in [0.717, 1.165) is 46.4 Å². The highest BCUT2D eigenvalue weighted by molar-refractivity contribution is 6.32. The Kier molecular flexibility index (Phi) is 9.11. The van der Waals surface area contributed by atoms with Crippen molar-refractivity contribution >= 4 is 41.8 Å². The van der Waals surface area contributed by atoms with Crippen molar-refractivity contribution in [3.8, 4) is 0 Å². The number of pyridine rings is 2. The molecule has 0 unspecified atom stereocenters. The fourth-order valence-electron chi connectivity index (χ4n) is 5.14. The molecule has 1 fully saturated rings. The van der Waals surface area contributed by atoms with Gasteiger partial charge in [-0.2, -0.15) is 5.10 Å². The molecule has 0 bridgehead atoms. The van der Waals surface area contributed by atoms with Crippen molar-refractivity contribution in [3.05, 3.63) is 76.6 Å². The van der Waals surface area contributed by atoms with Crippen molar-refractivity contribution in [2.75, 3.05) is 18.5 Å². The van der Waals surface area contributed by atoms with E-state index in [-0.39, 0.29) is 36.3 Å². The number of ether oxygens (including phenoxy) is 1. The molecule has 0 radical (unpaired) electrons. The smallest absolute Gasteiger partial charge is 0.270 e. The van der Waals surface area contributed by atoms with Crippen LogP contribution in [0.25, 0.3) is 11.0 Å². The molecule has 42 heavy (non-hydrogen) atoms. The molecule has 0 aliphatic carbocycles. The number of anilines is 1. The monoisotopic (exact) mass is 571 g/mol. The minimum Gasteiger partial charge on any atom is -0.381 e. The predicted octanol–water partition coefficient (Wildman–Crippen LogP) is 2.26. The molecule has 2 amide bonds. The summed E-state index contributed by atoms with van der Waals surface area (Å²) in [6.07, 6.45) is 4.28. The average molecular weight is 571 g/mol. The Balaban J connectivity index is 1.33. The summed E-state index contributed by atoms with van der Waals surface area (Å²) >= 11 is 0. The molecule has 0 saturated carbocycles. The Morgan fingerprint density at radius 3 is 2.43 bits per heavy atom. The van der Waals surface area contributed by atoms with Gasteiger partial charge in [0.2, 0.25) is 0 Å². The fraction of sp³-hybridized carbons (Fsp3) is 0.367. The van der Waals surface area contributed by atoms with Crippen LogP contribution >= 0.6 is 0 Å². The quantitative estimate of drug-likeness (QED) is 0.250. The summed E-state index contributed by atoms with van der Waals surface area (Å²) in [5.74, 6) is -1.12. The third-order valence-corrected chi connectivity index (χ3v) is 7.49. The molecule has 1 saturated heterocycles. The highest BCUT2D eigenvalue weighted by Gasteiger charge is 2.22. The van der Waals surface area contributed by atoms with Crippen LogP contribution < -0.4 is 21.4 Å². The Morgan fingerprint density at radius 1 is 1.05 bits per heavy atom. The first-order valence-corrected chi connectivity index (χ1v) is 14.4. The summed E-state index contributed by atoms with van der Waals surface area (Å²) in [7, 11) is 1.67. The molecular weight excluding hydrogens is 536 g/mol. The second-order valence-corrected chi connectivity index (χ2v) is 10.4. The molecule has 10 nitrogen and oxygen atoms in total. The first-order chi connectivity index (χ1) is 20.4. The van der Waals surface area contributed by atoms with E-state index in [1.54, 1.807) is 38.2 Å². The summed E-state index contributed by atoms with van der Waals surface area (Å²) in [6.45, 7) is 6.62. The van der Waals surface area contributed by atoms with E-state index in [9.17, 15) is 14.0 Å². The molecule has 218 valence electrons. The van der Waals surface area contributed by atoms with Crippen LogP contribution in [0.4, 0.5) is 10.1 Å². The summed E-state index contributed by atoms with van der Waals surface area (Å²) in [5, 5.41) is 14.9. The van der Waals surface area contributed by atoms with E-state index in [0.29, 0.717) is 31.6 Å². The first-order valence-electron chi connectivity index (χ1n) is 14.4. The van der Waals surface area contributed by atoms with E-state index >= 15 is 0 Å². The van der Waals surface area contributed by atoms with E-state index in [1.165, 1.54) is 6.07 Å². The van der Waals surface area contributed by atoms with E-state index in [1.807, 2.05) is 24.7 Å². The second kappa shape index (κ2) is 13.1. The van der Waals surface area contributed by atoms with Crippen LogP contribution in [0.3, 0.4) is 0 Å². The maximum atomic E-state index is 13.6. The number of amides is 2.